The highest BCUT2D eigenvalue weighted by atomic mass is 16.7. The van der Waals surface area contributed by atoms with Crippen LogP contribution in [0.5, 0.6) is 0 Å². The molecule has 0 amide bonds. The van der Waals surface area contributed by atoms with E-state index in [0.29, 0.717) is 18.1 Å². The molecule has 2 aliphatic carbocycles. The van der Waals surface area contributed by atoms with Crippen molar-refractivity contribution in [3.63, 3.8) is 0 Å². The van der Waals surface area contributed by atoms with Crippen LogP contribution in [0.25, 0.3) is 0 Å². The monoisotopic (exact) mass is 196 g/mol. The van der Waals surface area contributed by atoms with Gasteiger partial charge in [0.15, 0.2) is 5.79 Å². The number of hydrogen-bond acceptors (Lipinski definition) is 3. The summed E-state index contributed by atoms with van der Waals surface area (Å²) >= 11 is 0. The molecule has 1 spiro atoms. The van der Waals surface area contributed by atoms with Crippen molar-refractivity contribution >= 4 is 0 Å². The van der Waals surface area contributed by atoms with Gasteiger partial charge in [-0.15, -0.1) is 0 Å². The summed E-state index contributed by atoms with van der Waals surface area (Å²) in [6, 6.07) is 0. The van der Waals surface area contributed by atoms with Crippen LogP contribution >= 0.6 is 0 Å². The molecule has 3 heteroatoms. The van der Waals surface area contributed by atoms with Crippen LogP contribution in [0.4, 0.5) is 0 Å². The summed E-state index contributed by atoms with van der Waals surface area (Å²) in [7, 11) is 0. The normalized spacial score (nSPS) is 57.6. The van der Waals surface area contributed by atoms with E-state index in [1.165, 1.54) is 12.8 Å². The lowest BCUT2D eigenvalue weighted by Crippen LogP contribution is -2.65. The van der Waals surface area contributed by atoms with E-state index in [2.05, 4.69) is 6.92 Å². The zero-order valence-corrected chi connectivity index (χ0v) is 8.49. The van der Waals surface area contributed by atoms with Gasteiger partial charge in [-0.2, -0.15) is 0 Å². The molecule has 78 valence electrons. The summed E-state index contributed by atoms with van der Waals surface area (Å²) in [5, 5.41) is 0. The second-order valence-corrected chi connectivity index (χ2v) is 5.36. The molecule has 14 heavy (non-hydrogen) atoms. The molecule has 0 aromatic carbocycles. The minimum atomic E-state index is -0.228. The summed E-state index contributed by atoms with van der Waals surface area (Å²) in [4.78, 5) is 0. The van der Waals surface area contributed by atoms with E-state index in [1.54, 1.807) is 0 Å². The van der Waals surface area contributed by atoms with Crippen LogP contribution in [-0.2, 0) is 14.2 Å². The van der Waals surface area contributed by atoms with Gasteiger partial charge in [0.25, 0.3) is 0 Å². The molecule has 0 aromatic heterocycles. The third kappa shape index (κ3) is 0.698. The Bertz CT molecular complexity index is 284. The van der Waals surface area contributed by atoms with Crippen molar-refractivity contribution in [1.82, 2.24) is 0 Å². The van der Waals surface area contributed by atoms with Crippen molar-refractivity contribution in [2.75, 3.05) is 13.2 Å². The first kappa shape index (κ1) is 8.08. The summed E-state index contributed by atoms with van der Waals surface area (Å²) in [5.41, 5.74) is 0.237. The van der Waals surface area contributed by atoms with E-state index in [1.807, 2.05) is 0 Å². The minimum Gasteiger partial charge on any atom is -0.369 e. The molecule has 3 nitrogen and oxygen atoms in total. The van der Waals surface area contributed by atoms with Gasteiger partial charge in [0.05, 0.1) is 25.4 Å². The number of rotatable bonds is 0. The first-order valence-corrected chi connectivity index (χ1v) is 5.69. The first-order chi connectivity index (χ1) is 6.75. The van der Waals surface area contributed by atoms with Gasteiger partial charge in [-0.05, 0) is 12.8 Å². The van der Waals surface area contributed by atoms with Crippen LogP contribution in [-0.4, -0.2) is 31.2 Å². The Morgan fingerprint density at radius 2 is 2.00 bits per heavy atom. The Balaban J connectivity index is 1.67. The van der Waals surface area contributed by atoms with Gasteiger partial charge in [0, 0.05) is 17.8 Å². The number of fused-ring (bicyclic) bond motifs is 4. The smallest absolute Gasteiger partial charge is 0.174 e. The van der Waals surface area contributed by atoms with Crippen LogP contribution in [0, 0.1) is 11.3 Å². The molecule has 2 aliphatic heterocycles. The Morgan fingerprint density at radius 3 is 2.79 bits per heavy atom. The van der Waals surface area contributed by atoms with E-state index in [0.717, 1.165) is 19.6 Å². The van der Waals surface area contributed by atoms with Crippen molar-refractivity contribution in [3.8, 4) is 0 Å². The standard InChI is InChI=1S/C11H16O3/c1-10-3-2-8-9(14-8)7(10)6-11(10)12-4-5-13-11/h7-9H,2-6H2,1H3. The van der Waals surface area contributed by atoms with Gasteiger partial charge < -0.3 is 14.2 Å². The second-order valence-electron chi connectivity index (χ2n) is 5.36. The minimum absolute atomic E-state index is 0.228. The Labute approximate surface area is 83.7 Å². The lowest BCUT2D eigenvalue weighted by atomic mass is 9.50. The molecular weight excluding hydrogens is 180 g/mol. The fourth-order valence-corrected chi connectivity index (χ4v) is 3.84. The summed E-state index contributed by atoms with van der Waals surface area (Å²) in [5.74, 6) is 0.466. The van der Waals surface area contributed by atoms with E-state index in [9.17, 15) is 0 Å². The van der Waals surface area contributed by atoms with E-state index in [-0.39, 0.29) is 11.2 Å². The van der Waals surface area contributed by atoms with Gasteiger partial charge in [0.1, 0.15) is 0 Å². The zero-order chi connectivity index (χ0) is 9.39. The lowest BCUT2D eigenvalue weighted by Gasteiger charge is -2.60. The first-order valence-electron chi connectivity index (χ1n) is 5.69. The molecule has 0 bridgehead atoms. The van der Waals surface area contributed by atoms with Crippen molar-refractivity contribution in [3.05, 3.63) is 0 Å². The largest absolute Gasteiger partial charge is 0.369 e. The summed E-state index contributed by atoms with van der Waals surface area (Å²) in [6.45, 7) is 3.87. The van der Waals surface area contributed by atoms with Gasteiger partial charge >= 0.3 is 0 Å². The highest BCUT2D eigenvalue weighted by molar-refractivity contribution is 5.17. The fourth-order valence-electron chi connectivity index (χ4n) is 3.84. The van der Waals surface area contributed by atoms with Crippen LogP contribution in [0.15, 0.2) is 0 Å². The van der Waals surface area contributed by atoms with Crippen LogP contribution < -0.4 is 0 Å². The predicted molar refractivity (Wildman–Crippen MR) is 48.7 cm³/mol. The van der Waals surface area contributed by atoms with Gasteiger partial charge in [-0.3, -0.25) is 0 Å². The quantitative estimate of drug-likeness (QED) is 0.547. The Hall–Kier alpha value is -0.120. The van der Waals surface area contributed by atoms with Gasteiger partial charge in [-0.25, -0.2) is 0 Å². The number of hydrogen-bond donors (Lipinski definition) is 0. The highest BCUT2D eigenvalue weighted by Gasteiger charge is 2.73. The predicted octanol–water partition coefficient (Wildman–Crippen LogP) is 1.32. The molecule has 0 N–H and O–H groups in total. The third-order valence-electron chi connectivity index (χ3n) is 4.90. The third-order valence-corrected chi connectivity index (χ3v) is 4.90. The average molecular weight is 196 g/mol. The van der Waals surface area contributed by atoms with Crippen LogP contribution in [0.3, 0.4) is 0 Å². The van der Waals surface area contributed by atoms with E-state index < -0.39 is 0 Å². The van der Waals surface area contributed by atoms with Gasteiger partial charge in [0.2, 0.25) is 0 Å². The second kappa shape index (κ2) is 2.18. The zero-order valence-electron chi connectivity index (χ0n) is 8.49. The maximum Gasteiger partial charge on any atom is 0.174 e. The Morgan fingerprint density at radius 1 is 1.21 bits per heavy atom. The molecular formula is C11H16O3. The maximum atomic E-state index is 5.84. The molecule has 4 fully saturated rings. The molecule has 4 atom stereocenters. The number of ether oxygens (including phenoxy) is 3. The SMILES string of the molecule is CC12CCC3OC3C1CC21OCCO1. The highest BCUT2D eigenvalue weighted by Crippen LogP contribution is 2.68. The topological polar surface area (TPSA) is 31.0 Å². The van der Waals surface area contributed by atoms with E-state index in [4.69, 9.17) is 14.2 Å². The Kier molecular flexibility index (Phi) is 1.26. The molecule has 4 aliphatic rings. The molecule has 4 unspecified atom stereocenters. The lowest BCUT2D eigenvalue weighted by molar-refractivity contribution is -0.330. The molecule has 2 saturated carbocycles. The molecule has 2 saturated heterocycles. The molecule has 2 heterocycles. The van der Waals surface area contributed by atoms with Crippen molar-refractivity contribution in [2.24, 2.45) is 11.3 Å². The molecule has 4 rings (SSSR count). The van der Waals surface area contributed by atoms with Crippen LogP contribution in [0.2, 0.25) is 0 Å². The molecule has 0 radical (unpaired) electrons. The van der Waals surface area contributed by atoms with Crippen LogP contribution in [0.1, 0.15) is 26.2 Å². The molecule has 0 aromatic rings. The average Bonchev–Trinajstić information content (AvgIpc) is 2.75. The maximum absolute atomic E-state index is 5.84. The van der Waals surface area contributed by atoms with Crippen molar-refractivity contribution in [2.45, 2.75) is 44.2 Å². The van der Waals surface area contributed by atoms with Crippen molar-refractivity contribution < 1.29 is 14.2 Å². The summed E-state index contributed by atoms with van der Waals surface area (Å²) < 4.78 is 17.3. The summed E-state index contributed by atoms with van der Waals surface area (Å²) in [6.07, 6.45) is 4.58. The number of epoxide rings is 1. The van der Waals surface area contributed by atoms with Crippen molar-refractivity contribution in [1.29, 1.82) is 0 Å². The fraction of sp³-hybridized carbons (Fsp3) is 1.00. The van der Waals surface area contributed by atoms with Gasteiger partial charge in [-0.1, -0.05) is 6.92 Å². The van der Waals surface area contributed by atoms with E-state index >= 15 is 0 Å².